The van der Waals surface area contributed by atoms with Crippen LogP contribution in [0.2, 0.25) is 0 Å². The van der Waals surface area contributed by atoms with Gasteiger partial charge in [0.25, 0.3) is 5.69 Å². The topological polar surface area (TPSA) is 90.7 Å². The number of hydrogen-bond donors (Lipinski definition) is 1. The molecule has 148 valence electrons. The number of halogens is 3. The summed E-state index contributed by atoms with van der Waals surface area (Å²) in [6.07, 6.45) is -3.43. The highest BCUT2D eigenvalue weighted by Gasteiger charge is 2.30. The van der Waals surface area contributed by atoms with Gasteiger partial charge in [-0.1, -0.05) is 24.8 Å². The second-order valence-electron chi connectivity index (χ2n) is 5.42. The number of carbonyl (C=O) groups excluding carboxylic acids is 1. The smallest absolute Gasteiger partial charge is 0.458 e. The van der Waals surface area contributed by atoms with Gasteiger partial charge in [-0.3, -0.25) is 10.1 Å². The van der Waals surface area contributed by atoms with E-state index < -0.39 is 22.9 Å². The summed E-state index contributed by atoms with van der Waals surface area (Å²) in [7, 11) is 0. The SMILES string of the molecule is C=CCOC(=O)c1ccc(NCc2ccc(OC(F)(F)F)cc2)cc1[N+](=O)[O-]. The van der Waals surface area contributed by atoms with Crippen molar-refractivity contribution in [3.63, 3.8) is 0 Å². The van der Waals surface area contributed by atoms with Crippen molar-refractivity contribution in [1.29, 1.82) is 0 Å². The number of esters is 1. The number of alkyl halides is 3. The van der Waals surface area contributed by atoms with Crippen molar-refractivity contribution in [2.45, 2.75) is 12.9 Å². The Morgan fingerprint density at radius 2 is 1.89 bits per heavy atom. The molecule has 0 unspecified atom stereocenters. The van der Waals surface area contributed by atoms with Crippen LogP contribution in [0.4, 0.5) is 24.5 Å². The maximum absolute atomic E-state index is 12.1. The Bertz CT molecular complexity index is 867. The molecule has 0 atom stereocenters. The van der Waals surface area contributed by atoms with Crippen LogP contribution in [0.15, 0.2) is 55.1 Å². The van der Waals surface area contributed by atoms with E-state index in [1.807, 2.05) is 0 Å². The van der Waals surface area contributed by atoms with Gasteiger partial charge in [0.05, 0.1) is 4.92 Å². The minimum absolute atomic E-state index is 0.0793. The Balaban J connectivity index is 2.08. The molecule has 0 amide bonds. The lowest BCUT2D eigenvalue weighted by Crippen LogP contribution is -2.17. The maximum atomic E-state index is 12.1. The lowest BCUT2D eigenvalue weighted by atomic mass is 10.1. The van der Waals surface area contributed by atoms with E-state index in [0.29, 0.717) is 11.3 Å². The molecule has 0 saturated heterocycles. The Kier molecular flexibility index (Phi) is 6.59. The standard InChI is InChI=1S/C18H15F3N2O5/c1-2-9-27-17(24)15-8-5-13(10-16(15)23(25)26)22-11-12-3-6-14(7-4-12)28-18(19,20)21/h2-8,10,22H,1,9,11H2. The molecule has 0 fully saturated rings. The molecule has 0 radical (unpaired) electrons. The fourth-order valence-electron chi connectivity index (χ4n) is 2.19. The van der Waals surface area contributed by atoms with Crippen LogP contribution < -0.4 is 10.1 Å². The summed E-state index contributed by atoms with van der Waals surface area (Å²) in [5.74, 6) is -1.20. The number of rotatable bonds is 8. The Morgan fingerprint density at radius 3 is 2.46 bits per heavy atom. The first kappa shape index (κ1) is 20.7. The minimum Gasteiger partial charge on any atom is -0.458 e. The molecule has 0 bridgehead atoms. The third kappa shape index (κ3) is 6.01. The monoisotopic (exact) mass is 396 g/mol. The summed E-state index contributed by atoms with van der Waals surface area (Å²) < 4.78 is 45.0. The first-order valence-electron chi connectivity index (χ1n) is 7.84. The van der Waals surface area contributed by atoms with Gasteiger partial charge in [-0.15, -0.1) is 13.2 Å². The minimum atomic E-state index is -4.77. The molecule has 0 aliphatic heterocycles. The Morgan fingerprint density at radius 1 is 1.21 bits per heavy atom. The zero-order valence-electron chi connectivity index (χ0n) is 14.4. The summed E-state index contributed by atoms with van der Waals surface area (Å²) in [4.78, 5) is 22.4. The predicted molar refractivity (Wildman–Crippen MR) is 94.0 cm³/mol. The molecule has 2 aromatic rings. The van der Waals surface area contributed by atoms with Crippen LogP contribution in [0.1, 0.15) is 15.9 Å². The number of benzene rings is 2. The molecular weight excluding hydrogens is 381 g/mol. The number of anilines is 1. The second kappa shape index (κ2) is 8.89. The predicted octanol–water partition coefficient (Wildman–Crippen LogP) is 4.45. The molecule has 0 spiro atoms. The molecule has 7 nitrogen and oxygen atoms in total. The lowest BCUT2D eigenvalue weighted by Gasteiger charge is -2.11. The molecule has 0 saturated carbocycles. The van der Waals surface area contributed by atoms with Crippen molar-refractivity contribution in [3.8, 4) is 5.75 Å². The Labute approximate surface area is 157 Å². The van der Waals surface area contributed by atoms with Crippen molar-refractivity contribution in [3.05, 3.63) is 76.4 Å². The average Bonchev–Trinajstić information content (AvgIpc) is 2.64. The lowest BCUT2D eigenvalue weighted by molar-refractivity contribution is -0.385. The molecule has 2 rings (SSSR count). The van der Waals surface area contributed by atoms with Crippen LogP contribution in [-0.4, -0.2) is 23.9 Å². The molecular formula is C18H15F3N2O5. The van der Waals surface area contributed by atoms with E-state index in [0.717, 1.165) is 12.1 Å². The highest BCUT2D eigenvalue weighted by atomic mass is 19.4. The molecule has 28 heavy (non-hydrogen) atoms. The fraction of sp³-hybridized carbons (Fsp3) is 0.167. The largest absolute Gasteiger partial charge is 0.573 e. The van der Waals surface area contributed by atoms with Crippen molar-refractivity contribution >= 4 is 17.3 Å². The summed E-state index contributed by atoms with van der Waals surface area (Å²) >= 11 is 0. The quantitative estimate of drug-likeness (QED) is 0.307. The van der Waals surface area contributed by atoms with Crippen LogP contribution in [0.25, 0.3) is 0 Å². The van der Waals surface area contributed by atoms with Gasteiger partial charge in [-0.05, 0) is 29.8 Å². The van der Waals surface area contributed by atoms with E-state index in [-0.39, 0.29) is 24.5 Å². The summed E-state index contributed by atoms with van der Waals surface area (Å²) in [6.45, 7) is 3.49. The first-order chi connectivity index (χ1) is 13.2. The zero-order chi connectivity index (χ0) is 20.7. The molecule has 0 heterocycles. The van der Waals surface area contributed by atoms with Gasteiger partial charge in [0, 0.05) is 18.3 Å². The van der Waals surface area contributed by atoms with Crippen molar-refractivity contribution in [2.24, 2.45) is 0 Å². The summed E-state index contributed by atoms with van der Waals surface area (Å²) in [5.41, 5.74) is 0.327. The molecule has 0 aliphatic carbocycles. The number of nitro groups is 1. The van der Waals surface area contributed by atoms with Crippen LogP contribution in [0.3, 0.4) is 0 Å². The number of nitro benzene ring substituents is 1. The molecule has 2 aromatic carbocycles. The van der Waals surface area contributed by atoms with E-state index >= 15 is 0 Å². The highest BCUT2D eigenvalue weighted by Crippen LogP contribution is 2.25. The third-order valence-electron chi connectivity index (χ3n) is 3.40. The number of ether oxygens (including phenoxy) is 2. The highest BCUT2D eigenvalue weighted by molar-refractivity contribution is 5.94. The van der Waals surface area contributed by atoms with E-state index in [4.69, 9.17) is 4.74 Å². The van der Waals surface area contributed by atoms with Crippen molar-refractivity contribution < 1.29 is 32.4 Å². The van der Waals surface area contributed by atoms with Gasteiger partial charge in [0.15, 0.2) is 0 Å². The molecule has 0 aromatic heterocycles. The second-order valence-corrected chi connectivity index (χ2v) is 5.42. The van der Waals surface area contributed by atoms with Gasteiger partial charge in [0.2, 0.25) is 0 Å². The fourth-order valence-corrected chi connectivity index (χ4v) is 2.19. The van der Waals surface area contributed by atoms with Crippen LogP contribution in [-0.2, 0) is 11.3 Å². The Hall–Kier alpha value is -3.56. The average molecular weight is 396 g/mol. The van der Waals surface area contributed by atoms with E-state index in [2.05, 4.69) is 16.6 Å². The third-order valence-corrected chi connectivity index (χ3v) is 3.40. The van der Waals surface area contributed by atoms with Gasteiger partial charge in [-0.25, -0.2) is 4.79 Å². The van der Waals surface area contributed by atoms with E-state index in [1.165, 1.54) is 36.4 Å². The van der Waals surface area contributed by atoms with E-state index in [9.17, 15) is 28.1 Å². The van der Waals surface area contributed by atoms with Crippen molar-refractivity contribution in [2.75, 3.05) is 11.9 Å². The number of nitrogens with one attached hydrogen (secondary N) is 1. The number of hydrogen-bond acceptors (Lipinski definition) is 6. The summed E-state index contributed by atoms with van der Waals surface area (Å²) in [6, 6.07) is 9.04. The molecule has 1 N–H and O–H groups in total. The van der Waals surface area contributed by atoms with Crippen molar-refractivity contribution in [1.82, 2.24) is 0 Å². The first-order valence-corrected chi connectivity index (χ1v) is 7.84. The summed E-state index contributed by atoms with van der Waals surface area (Å²) in [5, 5.41) is 14.1. The van der Waals surface area contributed by atoms with Gasteiger partial charge >= 0.3 is 12.3 Å². The van der Waals surface area contributed by atoms with Crippen LogP contribution in [0, 0.1) is 10.1 Å². The zero-order valence-corrected chi connectivity index (χ0v) is 14.4. The maximum Gasteiger partial charge on any atom is 0.573 e. The molecule has 0 aliphatic rings. The number of nitrogens with zero attached hydrogens (tertiary/aromatic N) is 1. The molecule has 10 heteroatoms. The van der Waals surface area contributed by atoms with Gasteiger partial charge < -0.3 is 14.8 Å². The van der Waals surface area contributed by atoms with Crippen LogP contribution in [0.5, 0.6) is 5.75 Å². The van der Waals surface area contributed by atoms with Gasteiger partial charge in [-0.2, -0.15) is 0 Å². The van der Waals surface area contributed by atoms with Crippen LogP contribution >= 0.6 is 0 Å². The number of carbonyl (C=O) groups is 1. The van der Waals surface area contributed by atoms with Gasteiger partial charge in [0.1, 0.15) is 17.9 Å². The normalized spacial score (nSPS) is 10.8. The van der Waals surface area contributed by atoms with E-state index in [1.54, 1.807) is 0 Å².